The predicted molar refractivity (Wildman–Crippen MR) is 121 cm³/mol. The minimum atomic E-state index is -0.0721. The first kappa shape index (κ1) is 21.4. The van der Waals surface area contributed by atoms with E-state index in [4.69, 9.17) is 28.6 Å². The smallest absolute Gasteiger partial charge is 0.242 e. The van der Waals surface area contributed by atoms with E-state index in [0.29, 0.717) is 16.5 Å². The monoisotopic (exact) mass is 431 g/mol. The number of ether oxygens (including phenoxy) is 1. The molecule has 29 heavy (non-hydrogen) atoms. The molecule has 0 spiro atoms. The molecule has 3 rings (SSSR count). The Morgan fingerprint density at radius 1 is 1.14 bits per heavy atom. The van der Waals surface area contributed by atoms with Gasteiger partial charge in [-0.3, -0.25) is 15.6 Å². The van der Waals surface area contributed by atoms with Gasteiger partial charge in [0.2, 0.25) is 5.91 Å². The van der Waals surface area contributed by atoms with Crippen LogP contribution in [0, 0.1) is 5.92 Å². The fraction of sp³-hybridized carbons (Fsp3) is 0.364. The molecule has 1 saturated carbocycles. The molecule has 0 bridgehead atoms. The van der Waals surface area contributed by atoms with Gasteiger partial charge in [0.15, 0.2) is 5.11 Å². The summed E-state index contributed by atoms with van der Waals surface area (Å²) < 4.78 is 5.27. The van der Waals surface area contributed by atoms with Gasteiger partial charge in [-0.1, -0.05) is 56.6 Å². The summed E-state index contributed by atoms with van der Waals surface area (Å²) in [6.45, 7) is 6.57. The van der Waals surface area contributed by atoms with Crippen LogP contribution in [-0.4, -0.2) is 18.1 Å². The third-order valence-electron chi connectivity index (χ3n) is 5.04. The SMILES string of the molecule is COc1ccc(Cl)cc1NC(=S)NNC(=O)[C@H]1C[C@H]1c1ccc(C(C)(C)C)cc1. The molecule has 5 nitrogen and oxygen atoms in total. The van der Waals surface area contributed by atoms with Crippen LogP contribution in [-0.2, 0) is 10.2 Å². The van der Waals surface area contributed by atoms with E-state index in [1.54, 1.807) is 25.3 Å². The van der Waals surface area contributed by atoms with Crippen LogP contribution in [0.5, 0.6) is 5.75 Å². The summed E-state index contributed by atoms with van der Waals surface area (Å²) in [5.74, 6) is 0.731. The first-order valence-corrected chi connectivity index (χ1v) is 10.3. The van der Waals surface area contributed by atoms with Crippen molar-refractivity contribution in [3.05, 3.63) is 58.6 Å². The summed E-state index contributed by atoms with van der Waals surface area (Å²) in [6, 6.07) is 13.7. The van der Waals surface area contributed by atoms with Crippen molar-refractivity contribution in [1.29, 1.82) is 0 Å². The van der Waals surface area contributed by atoms with Gasteiger partial charge in [-0.2, -0.15) is 0 Å². The lowest BCUT2D eigenvalue weighted by molar-refractivity contribution is -0.122. The molecule has 2 aromatic rings. The Bertz CT molecular complexity index is 909. The Morgan fingerprint density at radius 3 is 2.45 bits per heavy atom. The molecule has 1 aliphatic rings. The minimum absolute atomic E-state index is 0.0495. The molecule has 0 saturated heterocycles. The highest BCUT2D eigenvalue weighted by Crippen LogP contribution is 2.47. The number of hydrogen-bond donors (Lipinski definition) is 3. The lowest BCUT2D eigenvalue weighted by Crippen LogP contribution is -2.44. The highest BCUT2D eigenvalue weighted by atomic mass is 35.5. The summed E-state index contributed by atoms with van der Waals surface area (Å²) in [7, 11) is 1.56. The topological polar surface area (TPSA) is 62.4 Å². The maximum Gasteiger partial charge on any atom is 0.242 e. The summed E-state index contributed by atoms with van der Waals surface area (Å²) >= 11 is 11.3. The summed E-state index contributed by atoms with van der Waals surface area (Å²) in [6.07, 6.45) is 0.838. The molecule has 154 valence electrons. The Hall–Kier alpha value is -2.31. The van der Waals surface area contributed by atoms with E-state index >= 15 is 0 Å². The predicted octanol–water partition coefficient (Wildman–Crippen LogP) is 4.77. The Balaban J connectivity index is 1.51. The summed E-state index contributed by atoms with van der Waals surface area (Å²) in [5, 5.41) is 3.79. The largest absolute Gasteiger partial charge is 0.495 e. The first-order valence-electron chi connectivity index (χ1n) is 9.50. The van der Waals surface area contributed by atoms with Gasteiger partial charge >= 0.3 is 0 Å². The zero-order valence-corrected chi connectivity index (χ0v) is 18.6. The molecule has 0 aromatic heterocycles. The molecule has 0 radical (unpaired) electrons. The van der Waals surface area contributed by atoms with Crippen molar-refractivity contribution in [3.63, 3.8) is 0 Å². The normalized spacial score (nSPS) is 18.0. The van der Waals surface area contributed by atoms with Gasteiger partial charge in [0.1, 0.15) is 5.75 Å². The van der Waals surface area contributed by atoms with Gasteiger partial charge < -0.3 is 10.1 Å². The van der Waals surface area contributed by atoms with E-state index in [-0.39, 0.29) is 28.3 Å². The molecular formula is C22H26ClN3O2S. The van der Waals surface area contributed by atoms with Gasteiger partial charge in [0.05, 0.1) is 12.8 Å². The number of thiocarbonyl (C=S) groups is 1. The van der Waals surface area contributed by atoms with Crippen LogP contribution in [0.25, 0.3) is 0 Å². The molecular weight excluding hydrogens is 406 g/mol. The van der Waals surface area contributed by atoms with E-state index in [2.05, 4.69) is 61.2 Å². The number of nitrogens with one attached hydrogen (secondary N) is 3. The number of carbonyl (C=O) groups is 1. The standard InChI is InChI=1S/C22H26ClN3O2S/c1-22(2,3)14-7-5-13(6-8-14)16-12-17(16)20(27)25-26-21(29)24-18-11-15(23)9-10-19(18)28-4/h5-11,16-17H,12H2,1-4H3,(H,25,27)(H2,24,26,29)/t16-,17-/m0/s1. The number of hydrogen-bond acceptors (Lipinski definition) is 3. The van der Waals surface area contributed by atoms with E-state index in [1.165, 1.54) is 11.1 Å². The number of methoxy groups -OCH3 is 1. The molecule has 1 aliphatic carbocycles. The number of amides is 1. The summed E-state index contributed by atoms with van der Waals surface area (Å²) in [5.41, 5.74) is 8.66. The number of rotatable bonds is 4. The Morgan fingerprint density at radius 2 is 1.83 bits per heavy atom. The van der Waals surface area contributed by atoms with Crippen LogP contribution in [0.4, 0.5) is 5.69 Å². The number of carbonyl (C=O) groups excluding carboxylic acids is 1. The fourth-order valence-electron chi connectivity index (χ4n) is 3.23. The van der Waals surface area contributed by atoms with E-state index in [1.807, 2.05) is 0 Å². The van der Waals surface area contributed by atoms with Crippen molar-refractivity contribution in [3.8, 4) is 5.75 Å². The maximum atomic E-state index is 12.4. The molecule has 2 aromatic carbocycles. The number of hydrazine groups is 1. The highest BCUT2D eigenvalue weighted by Gasteiger charge is 2.44. The second-order valence-electron chi connectivity index (χ2n) is 8.23. The molecule has 1 amide bonds. The zero-order valence-electron chi connectivity index (χ0n) is 17.0. The van der Waals surface area contributed by atoms with Crippen molar-refractivity contribution >= 4 is 40.5 Å². The third kappa shape index (κ3) is 5.40. The fourth-order valence-corrected chi connectivity index (χ4v) is 3.56. The number of benzene rings is 2. The van der Waals surface area contributed by atoms with Crippen molar-refractivity contribution in [2.75, 3.05) is 12.4 Å². The quantitative estimate of drug-likeness (QED) is 0.481. The van der Waals surface area contributed by atoms with Crippen molar-refractivity contribution in [2.24, 2.45) is 5.92 Å². The van der Waals surface area contributed by atoms with Gasteiger partial charge in [-0.25, -0.2) is 0 Å². The van der Waals surface area contributed by atoms with Crippen LogP contribution >= 0.6 is 23.8 Å². The Labute approximate surface area is 182 Å². The highest BCUT2D eigenvalue weighted by molar-refractivity contribution is 7.80. The van der Waals surface area contributed by atoms with Crippen LogP contribution in [0.15, 0.2) is 42.5 Å². The van der Waals surface area contributed by atoms with Gasteiger partial charge in [0, 0.05) is 10.9 Å². The molecule has 0 aliphatic heterocycles. The number of halogens is 1. The number of anilines is 1. The van der Waals surface area contributed by atoms with Gasteiger partial charge in [-0.15, -0.1) is 0 Å². The molecule has 3 N–H and O–H groups in total. The maximum absolute atomic E-state index is 12.4. The van der Waals surface area contributed by atoms with Crippen LogP contribution in [0.1, 0.15) is 44.2 Å². The van der Waals surface area contributed by atoms with Crippen LogP contribution < -0.4 is 20.9 Å². The van der Waals surface area contributed by atoms with Crippen molar-refractivity contribution in [1.82, 2.24) is 10.9 Å². The van der Waals surface area contributed by atoms with E-state index < -0.39 is 0 Å². The van der Waals surface area contributed by atoms with Crippen LogP contribution in [0.2, 0.25) is 5.02 Å². The Kier molecular flexibility index (Phi) is 6.34. The van der Waals surface area contributed by atoms with Crippen LogP contribution in [0.3, 0.4) is 0 Å². The first-order chi connectivity index (χ1) is 13.7. The average molecular weight is 432 g/mol. The van der Waals surface area contributed by atoms with E-state index in [9.17, 15) is 4.79 Å². The molecule has 7 heteroatoms. The molecule has 2 atom stereocenters. The second kappa shape index (κ2) is 8.59. The molecule has 0 heterocycles. The second-order valence-corrected chi connectivity index (χ2v) is 9.08. The average Bonchev–Trinajstić information content (AvgIpc) is 3.47. The third-order valence-corrected chi connectivity index (χ3v) is 5.48. The summed E-state index contributed by atoms with van der Waals surface area (Å²) in [4.78, 5) is 12.4. The van der Waals surface area contributed by atoms with Crippen molar-refractivity contribution in [2.45, 2.75) is 38.5 Å². The minimum Gasteiger partial charge on any atom is -0.495 e. The van der Waals surface area contributed by atoms with E-state index in [0.717, 1.165) is 6.42 Å². The molecule has 0 unspecified atom stereocenters. The van der Waals surface area contributed by atoms with Crippen molar-refractivity contribution < 1.29 is 9.53 Å². The lowest BCUT2D eigenvalue weighted by Gasteiger charge is -2.19. The lowest BCUT2D eigenvalue weighted by atomic mass is 9.86. The van der Waals surface area contributed by atoms with Gasteiger partial charge in [-0.05, 0) is 59.3 Å². The van der Waals surface area contributed by atoms with Gasteiger partial charge in [0.25, 0.3) is 0 Å². The molecule has 1 fully saturated rings. The zero-order chi connectivity index (χ0) is 21.2.